The van der Waals surface area contributed by atoms with Gasteiger partial charge in [0.15, 0.2) is 5.82 Å². The number of hydrogen-bond donors (Lipinski definition) is 1. The number of carboxylic acid groups (broad SMARTS) is 1. The predicted octanol–water partition coefficient (Wildman–Crippen LogP) is 2.20. The molecule has 0 radical (unpaired) electrons. The Morgan fingerprint density at radius 1 is 1.19 bits per heavy atom. The Morgan fingerprint density at radius 2 is 1.86 bits per heavy atom. The highest BCUT2D eigenvalue weighted by Crippen LogP contribution is 2.24. The first-order valence-electron chi connectivity index (χ1n) is 7.16. The van der Waals surface area contributed by atoms with Crippen LogP contribution in [-0.4, -0.2) is 39.2 Å². The van der Waals surface area contributed by atoms with Crippen LogP contribution in [0.2, 0.25) is 0 Å². The van der Waals surface area contributed by atoms with E-state index >= 15 is 0 Å². The smallest absolute Gasteiger partial charge is 0.360 e. The molecule has 0 saturated carbocycles. The molecule has 1 aliphatic heterocycles. The van der Waals surface area contributed by atoms with Gasteiger partial charge in [-0.05, 0) is 30.9 Å². The molecule has 0 spiro atoms. The normalized spacial score (nSPS) is 16.1. The average molecular weight is 286 g/mol. The maximum Gasteiger partial charge on any atom is 0.360 e. The first-order chi connectivity index (χ1) is 10.1. The van der Waals surface area contributed by atoms with Crippen LogP contribution in [0.1, 0.15) is 30.3 Å². The lowest BCUT2D eigenvalue weighted by Gasteiger charge is -2.30. The van der Waals surface area contributed by atoms with E-state index in [0.29, 0.717) is 11.7 Å². The van der Waals surface area contributed by atoms with Gasteiger partial charge in [0.05, 0.1) is 5.69 Å². The second-order valence-electron chi connectivity index (χ2n) is 5.47. The third-order valence-electron chi connectivity index (χ3n) is 3.87. The highest BCUT2D eigenvalue weighted by atomic mass is 16.4. The molecule has 1 aliphatic rings. The summed E-state index contributed by atoms with van der Waals surface area (Å²) in [7, 11) is 0. The molecule has 3 rings (SSSR count). The summed E-state index contributed by atoms with van der Waals surface area (Å²) in [5.74, 6) is 0.114. The second-order valence-corrected chi connectivity index (χ2v) is 5.47. The average Bonchev–Trinajstić information content (AvgIpc) is 2.94. The summed E-state index contributed by atoms with van der Waals surface area (Å²) in [6.07, 6.45) is 2.11. The number of aromatic nitrogens is 3. The van der Waals surface area contributed by atoms with E-state index in [9.17, 15) is 9.90 Å². The Balaban J connectivity index is 1.96. The van der Waals surface area contributed by atoms with Gasteiger partial charge in [-0.25, -0.2) is 4.79 Å². The molecule has 1 fully saturated rings. The van der Waals surface area contributed by atoms with E-state index in [1.807, 2.05) is 35.2 Å². The Hall–Kier alpha value is -2.37. The number of carboxylic acids is 1. The lowest BCUT2D eigenvalue weighted by molar-refractivity contribution is 0.0690. The van der Waals surface area contributed by atoms with Crippen LogP contribution < -0.4 is 4.90 Å². The fraction of sp³-hybridized carbons (Fsp3) is 0.400. The minimum atomic E-state index is -1.04. The summed E-state index contributed by atoms with van der Waals surface area (Å²) >= 11 is 0. The summed E-state index contributed by atoms with van der Waals surface area (Å²) in [4.78, 5) is 14.9. The third kappa shape index (κ3) is 2.74. The second kappa shape index (κ2) is 5.55. The third-order valence-corrected chi connectivity index (χ3v) is 3.87. The number of benzene rings is 1. The zero-order valence-electron chi connectivity index (χ0n) is 11.9. The summed E-state index contributed by atoms with van der Waals surface area (Å²) in [6.45, 7) is 3.88. The lowest BCUT2D eigenvalue weighted by atomic mass is 9.99. The van der Waals surface area contributed by atoms with Crippen molar-refractivity contribution in [3.05, 3.63) is 36.0 Å². The molecular weight excluding hydrogens is 268 g/mol. The van der Waals surface area contributed by atoms with Gasteiger partial charge < -0.3 is 10.0 Å². The number of para-hydroxylation sites is 1. The van der Waals surface area contributed by atoms with Crippen molar-refractivity contribution in [2.24, 2.45) is 5.92 Å². The van der Waals surface area contributed by atoms with Crippen molar-refractivity contribution in [3.8, 4) is 5.69 Å². The number of rotatable bonds is 3. The zero-order chi connectivity index (χ0) is 14.8. The number of nitrogens with zero attached hydrogens (tertiary/aromatic N) is 4. The standard InChI is InChI=1S/C15H18N4O2/c1-11-7-9-18(10-8-11)14-13(15(20)21)16-19(17-14)12-5-3-2-4-6-12/h2-6,11H,7-10H2,1H3,(H,20,21). The molecule has 0 amide bonds. The quantitative estimate of drug-likeness (QED) is 0.936. The Bertz CT molecular complexity index is 630. The van der Waals surface area contributed by atoms with Crippen molar-refractivity contribution < 1.29 is 9.90 Å². The van der Waals surface area contributed by atoms with Gasteiger partial charge in [-0.3, -0.25) is 0 Å². The van der Waals surface area contributed by atoms with Crippen LogP contribution in [-0.2, 0) is 0 Å². The molecule has 0 atom stereocenters. The summed E-state index contributed by atoms with van der Waals surface area (Å²) in [5.41, 5.74) is 0.782. The van der Waals surface area contributed by atoms with Gasteiger partial charge in [-0.2, -0.15) is 0 Å². The molecule has 1 aromatic heterocycles. The molecule has 0 aliphatic carbocycles. The molecule has 0 bridgehead atoms. The SMILES string of the molecule is CC1CCN(c2nn(-c3ccccc3)nc2C(=O)O)CC1. The van der Waals surface area contributed by atoms with Crippen LogP contribution in [0.15, 0.2) is 30.3 Å². The van der Waals surface area contributed by atoms with Crippen LogP contribution in [0.5, 0.6) is 0 Å². The zero-order valence-corrected chi connectivity index (χ0v) is 11.9. The first kappa shape index (κ1) is 13.6. The van der Waals surface area contributed by atoms with Crippen LogP contribution in [0, 0.1) is 5.92 Å². The number of carbonyl (C=O) groups is 1. The molecule has 21 heavy (non-hydrogen) atoms. The molecule has 110 valence electrons. The van der Waals surface area contributed by atoms with E-state index in [1.54, 1.807) is 0 Å². The van der Waals surface area contributed by atoms with Crippen molar-refractivity contribution in [1.82, 2.24) is 15.0 Å². The van der Waals surface area contributed by atoms with Crippen molar-refractivity contribution in [3.63, 3.8) is 0 Å². The van der Waals surface area contributed by atoms with Gasteiger partial charge in [0.25, 0.3) is 0 Å². The monoisotopic (exact) mass is 286 g/mol. The number of piperidine rings is 1. The minimum absolute atomic E-state index is 0.0217. The van der Waals surface area contributed by atoms with Gasteiger partial charge in [0.2, 0.25) is 5.69 Å². The fourth-order valence-corrected chi connectivity index (χ4v) is 2.55. The van der Waals surface area contributed by atoms with Gasteiger partial charge >= 0.3 is 5.97 Å². The van der Waals surface area contributed by atoms with Crippen LogP contribution in [0.3, 0.4) is 0 Å². The van der Waals surface area contributed by atoms with Crippen LogP contribution in [0.4, 0.5) is 5.82 Å². The van der Waals surface area contributed by atoms with Crippen LogP contribution >= 0.6 is 0 Å². The van der Waals surface area contributed by atoms with Gasteiger partial charge in [-0.15, -0.1) is 15.0 Å². The molecule has 6 heteroatoms. The van der Waals surface area contributed by atoms with E-state index in [0.717, 1.165) is 31.6 Å². The minimum Gasteiger partial charge on any atom is -0.476 e. The molecule has 2 aromatic rings. The predicted molar refractivity (Wildman–Crippen MR) is 78.9 cm³/mol. The molecule has 1 N–H and O–H groups in total. The highest BCUT2D eigenvalue weighted by Gasteiger charge is 2.26. The van der Waals surface area contributed by atoms with Crippen LogP contribution in [0.25, 0.3) is 5.69 Å². The summed E-state index contributed by atoms with van der Waals surface area (Å²) in [6, 6.07) is 9.36. The van der Waals surface area contributed by atoms with E-state index in [2.05, 4.69) is 17.1 Å². The summed E-state index contributed by atoms with van der Waals surface area (Å²) < 4.78 is 0. The van der Waals surface area contributed by atoms with E-state index in [1.165, 1.54) is 4.80 Å². The van der Waals surface area contributed by atoms with Gasteiger partial charge in [0, 0.05) is 13.1 Å². The summed E-state index contributed by atoms with van der Waals surface area (Å²) in [5, 5.41) is 17.9. The topological polar surface area (TPSA) is 71.2 Å². The number of anilines is 1. The lowest BCUT2D eigenvalue weighted by Crippen LogP contribution is -2.34. The van der Waals surface area contributed by atoms with Gasteiger partial charge in [0.1, 0.15) is 0 Å². The van der Waals surface area contributed by atoms with Gasteiger partial charge in [-0.1, -0.05) is 25.1 Å². The molecule has 2 heterocycles. The highest BCUT2D eigenvalue weighted by molar-refractivity contribution is 5.91. The number of hydrogen-bond acceptors (Lipinski definition) is 4. The van der Waals surface area contributed by atoms with Crippen molar-refractivity contribution in [1.29, 1.82) is 0 Å². The maximum absolute atomic E-state index is 11.4. The van der Waals surface area contributed by atoms with E-state index in [-0.39, 0.29) is 5.69 Å². The van der Waals surface area contributed by atoms with E-state index < -0.39 is 5.97 Å². The maximum atomic E-state index is 11.4. The Morgan fingerprint density at radius 3 is 2.48 bits per heavy atom. The van der Waals surface area contributed by atoms with Crippen molar-refractivity contribution in [2.75, 3.05) is 18.0 Å². The molecule has 1 aromatic carbocycles. The Labute approximate surface area is 123 Å². The molecular formula is C15H18N4O2. The Kier molecular flexibility index (Phi) is 3.60. The molecule has 0 unspecified atom stereocenters. The number of aromatic carboxylic acids is 1. The van der Waals surface area contributed by atoms with Crippen molar-refractivity contribution >= 4 is 11.8 Å². The van der Waals surface area contributed by atoms with E-state index in [4.69, 9.17) is 0 Å². The first-order valence-corrected chi connectivity index (χ1v) is 7.16. The fourth-order valence-electron chi connectivity index (χ4n) is 2.55. The molecule has 6 nitrogen and oxygen atoms in total. The van der Waals surface area contributed by atoms with Crippen molar-refractivity contribution in [2.45, 2.75) is 19.8 Å². The largest absolute Gasteiger partial charge is 0.476 e. The molecule has 1 saturated heterocycles.